The highest BCUT2D eigenvalue weighted by atomic mass is 127. The van der Waals surface area contributed by atoms with E-state index in [1.165, 1.54) is 0 Å². The molecule has 0 spiro atoms. The van der Waals surface area contributed by atoms with Gasteiger partial charge in [-0.15, -0.1) is 0 Å². The summed E-state index contributed by atoms with van der Waals surface area (Å²) in [6, 6.07) is 7.78. The number of nitrogens with zero attached hydrogens (tertiary/aromatic N) is 1. The van der Waals surface area contributed by atoms with E-state index in [9.17, 15) is 4.79 Å². The third-order valence-electron chi connectivity index (χ3n) is 3.49. The number of likely N-dealkylation sites (N-methyl/N-ethyl adjacent to an activating group) is 1. The lowest BCUT2D eigenvalue weighted by molar-refractivity contribution is 0.0549. The zero-order valence-corrected chi connectivity index (χ0v) is 13.4. The minimum absolute atomic E-state index is 0.200. The van der Waals surface area contributed by atoms with Gasteiger partial charge in [0.05, 0.1) is 6.54 Å². The number of Topliss-reactive ketones (excluding diaryl/α,β-unsaturated/α-hetero) is 1. The fourth-order valence-corrected chi connectivity index (χ4v) is 2.77. The van der Waals surface area contributed by atoms with Gasteiger partial charge in [0.25, 0.3) is 0 Å². The van der Waals surface area contributed by atoms with Crippen LogP contribution in [0.15, 0.2) is 24.3 Å². The summed E-state index contributed by atoms with van der Waals surface area (Å²) in [7, 11) is 2.03. The van der Waals surface area contributed by atoms with E-state index >= 15 is 0 Å². The van der Waals surface area contributed by atoms with Gasteiger partial charge in [-0.2, -0.15) is 0 Å². The summed E-state index contributed by atoms with van der Waals surface area (Å²) < 4.78 is 6.51. The molecule has 0 unspecified atom stereocenters. The highest BCUT2D eigenvalue weighted by Gasteiger charge is 2.17. The van der Waals surface area contributed by atoms with Crippen molar-refractivity contribution in [1.29, 1.82) is 0 Å². The Morgan fingerprint density at radius 1 is 1.32 bits per heavy atom. The molecular weight excluding hydrogens is 353 g/mol. The second kappa shape index (κ2) is 7.36. The van der Waals surface area contributed by atoms with E-state index in [4.69, 9.17) is 4.74 Å². The molecule has 1 saturated heterocycles. The van der Waals surface area contributed by atoms with Gasteiger partial charge in [-0.3, -0.25) is 9.69 Å². The lowest BCUT2D eigenvalue weighted by atomic mass is 9.99. The number of halogens is 1. The minimum Gasteiger partial charge on any atom is -0.381 e. The molecular formula is C15H20INO2. The van der Waals surface area contributed by atoms with Crippen molar-refractivity contribution in [2.75, 3.05) is 33.4 Å². The molecule has 4 heteroatoms. The number of hydrogen-bond acceptors (Lipinski definition) is 3. The number of benzene rings is 1. The van der Waals surface area contributed by atoms with Crippen LogP contribution in [0.1, 0.15) is 23.2 Å². The Morgan fingerprint density at radius 3 is 2.58 bits per heavy atom. The first-order valence-electron chi connectivity index (χ1n) is 6.70. The van der Waals surface area contributed by atoms with Gasteiger partial charge in [0.2, 0.25) is 0 Å². The third kappa shape index (κ3) is 4.85. The molecule has 2 rings (SSSR count). The molecule has 1 aromatic rings. The Hall–Kier alpha value is -0.460. The summed E-state index contributed by atoms with van der Waals surface area (Å²) in [5, 5.41) is 0. The molecule has 0 saturated carbocycles. The van der Waals surface area contributed by atoms with Crippen LogP contribution in [0.5, 0.6) is 0 Å². The first kappa shape index (κ1) is 14.9. The SMILES string of the molecule is CN(CC(=O)c1ccc(I)cc1)CC1CCOCC1. The second-order valence-corrected chi connectivity index (χ2v) is 6.43. The van der Waals surface area contributed by atoms with Crippen LogP contribution in [-0.4, -0.2) is 44.0 Å². The maximum Gasteiger partial charge on any atom is 0.176 e. The van der Waals surface area contributed by atoms with E-state index in [1.54, 1.807) is 0 Å². The number of ether oxygens (including phenoxy) is 1. The van der Waals surface area contributed by atoms with Gasteiger partial charge in [-0.25, -0.2) is 0 Å². The monoisotopic (exact) mass is 373 g/mol. The van der Waals surface area contributed by atoms with E-state index in [0.29, 0.717) is 12.5 Å². The molecule has 1 fully saturated rings. The van der Waals surface area contributed by atoms with Crippen LogP contribution >= 0.6 is 22.6 Å². The molecule has 0 radical (unpaired) electrons. The van der Waals surface area contributed by atoms with Crippen molar-refractivity contribution in [2.45, 2.75) is 12.8 Å². The summed E-state index contributed by atoms with van der Waals surface area (Å²) >= 11 is 2.25. The maximum atomic E-state index is 12.1. The second-order valence-electron chi connectivity index (χ2n) is 5.18. The van der Waals surface area contributed by atoms with E-state index in [1.807, 2.05) is 31.3 Å². The van der Waals surface area contributed by atoms with Crippen LogP contribution in [-0.2, 0) is 4.74 Å². The lowest BCUT2D eigenvalue weighted by Crippen LogP contribution is -2.33. The van der Waals surface area contributed by atoms with Gasteiger partial charge >= 0.3 is 0 Å². The minimum atomic E-state index is 0.200. The lowest BCUT2D eigenvalue weighted by Gasteiger charge is -2.26. The predicted molar refractivity (Wildman–Crippen MR) is 84.5 cm³/mol. The first-order chi connectivity index (χ1) is 9.15. The van der Waals surface area contributed by atoms with Gasteiger partial charge in [0, 0.05) is 28.9 Å². The maximum absolute atomic E-state index is 12.1. The highest BCUT2D eigenvalue weighted by Crippen LogP contribution is 2.16. The molecule has 0 bridgehead atoms. The standard InChI is InChI=1S/C15H20INO2/c1-17(10-12-6-8-19-9-7-12)11-15(18)13-2-4-14(16)5-3-13/h2-5,12H,6-11H2,1H3. The molecule has 1 heterocycles. The van der Waals surface area contributed by atoms with Crippen molar-refractivity contribution in [3.63, 3.8) is 0 Å². The fraction of sp³-hybridized carbons (Fsp3) is 0.533. The molecule has 0 N–H and O–H groups in total. The number of ketones is 1. The molecule has 0 aliphatic carbocycles. The summed E-state index contributed by atoms with van der Waals surface area (Å²) in [5.41, 5.74) is 0.805. The van der Waals surface area contributed by atoms with Crippen LogP contribution in [0.2, 0.25) is 0 Å². The Labute approximate surface area is 128 Å². The number of hydrogen-bond donors (Lipinski definition) is 0. The quantitative estimate of drug-likeness (QED) is 0.587. The number of carbonyl (C=O) groups excluding carboxylic acids is 1. The Morgan fingerprint density at radius 2 is 1.95 bits per heavy atom. The molecule has 104 valence electrons. The smallest absolute Gasteiger partial charge is 0.176 e. The Balaban J connectivity index is 1.82. The molecule has 1 aliphatic rings. The van der Waals surface area contributed by atoms with Crippen molar-refractivity contribution >= 4 is 28.4 Å². The molecule has 19 heavy (non-hydrogen) atoms. The van der Waals surface area contributed by atoms with Crippen molar-refractivity contribution in [3.05, 3.63) is 33.4 Å². The molecule has 0 atom stereocenters. The van der Waals surface area contributed by atoms with Crippen molar-refractivity contribution in [2.24, 2.45) is 5.92 Å². The molecule has 0 aromatic heterocycles. The van der Waals surface area contributed by atoms with E-state index in [-0.39, 0.29) is 5.78 Å². The van der Waals surface area contributed by atoms with E-state index in [0.717, 1.165) is 41.7 Å². The van der Waals surface area contributed by atoms with Crippen LogP contribution in [0.25, 0.3) is 0 Å². The Bertz CT molecular complexity index is 413. The average Bonchev–Trinajstić information content (AvgIpc) is 2.40. The van der Waals surface area contributed by atoms with Gasteiger partial charge < -0.3 is 4.74 Å². The fourth-order valence-electron chi connectivity index (χ4n) is 2.41. The van der Waals surface area contributed by atoms with E-state index in [2.05, 4.69) is 27.5 Å². The number of rotatable bonds is 5. The summed E-state index contributed by atoms with van der Waals surface area (Å²) in [5.74, 6) is 0.870. The first-order valence-corrected chi connectivity index (χ1v) is 7.78. The number of carbonyl (C=O) groups is 1. The van der Waals surface area contributed by atoms with Crippen LogP contribution < -0.4 is 0 Å². The topological polar surface area (TPSA) is 29.5 Å². The van der Waals surface area contributed by atoms with Crippen molar-refractivity contribution < 1.29 is 9.53 Å². The molecule has 1 aromatic carbocycles. The average molecular weight is 373 g/mol. The molecule has 0 amide bonds. The summed E-state index contributed by atoms with van der Waals surface area (Å²) in [6.45, 7) is 3.21. The van der Waals surface area contributed by atoms with Crippen LogP contribution in [0.4, 0.5) is 0 Å². The van der Waals surface area contributed by atoms with E-state index < -0.39 is 0 Å². The Kier molecular flexibility index (Phi) is 5.78. The van der Waals surface area contributed by atoms with Gasteiger partial charge in [0.1, 0.15) is 0 Å². The van der Waals surface area contributed by atoms with Gasteiger partial charge in [0.15, 0.2) is 5.78 Å². The normalized spacial score (nSPS) is 16.8. The molecule has 3 nitrogen and oxygen atoms in total. The van der Waals surface area contributed by atoms with Gasteiger partial charge in [-0.05, 0) is 60.5 Å². The van der Waals surface area contributed by atoms with Crippen molar-refractivity contribution in [1.82, 2.24) is 4.90 Å². The summed E-state index contributed by atoms with van der Waals surface area (Å²) in [6.07, 6.45) is 2.23. The zero-order chi connectivity index (χ0) is 13.7. The largest absolute Gasteiger partial charge is 0.381 e. The predicted octanol–water partition coefficient (Wildman–Crippen LogP) is 2.83. The zero-order valence-electron chi connectivity index (χ0n) is 11.3. The van der Waals surface area contributed by atoms with Crippen LogP contribution in [0, 0.1) is 9.49 Å². The van der Waals surface area contributed by atoms with Crippen LogP contribution in [0.3, 0.4) is 0 Å². The highest BCUT2D eigenvalue weighted by molar-refractivity contribution is 14.1. The van der Waals surface area contributed by atoms with Gasteiger partial charge in [-0.1, -0.05) is 12.1 Å². The summed E-state index contributed by atoms with van der Waals surface area (Å²) in [4.78, 5) is 14.3. The third-order valence-corrected chi connectivity index (χ3v) is 4.21. The van der Waals surface area contributed by atoms with Crippen molar-refractivity contribution in [3.8, 4) is 0 Å². The molecule has 1 aliphatic heterocycles.